The van der Waals surface area contributed by atoms with E-state index < -0.39 is 6.09 Å². The molecule has 0 aliphatic carbocycles. The average Bonchev–Trinajstić information content (AvgIpc) is 2.56. The van der Waals surface area contributed by atoms with Crippen molar-refractivity contribution in [2.24, 2.45) is 0 Å². The fourth-order valence-corrected chi connectivity index (χ4v) is 1.51. The van der Waals surface area contributed by atoms with Gasteiger partial charge in [-0.3, -0.25) is 0 Å². The second-order valence-corrected chi connectivity index (χ2v) is 3.36. The van der Waals surface area contributed by atoms with Crippen molar-refractivity contribution in [3.63, 3.8) is 0 Å². The molecule has 0 spiro atoms. The molecule has 1 saturated heterocycles. The van der Waals surface area contributed by atoms with Crippen LogP contribution in [0.4, 0.5) is 4.79 Å². The predicted octanol–water partition coefficient (Wildman–Crippen LogP) is 1.90. The first-order valence-corrected chi connectivity index (χ1v) is 4.39. The fourth-order valence-electron chi connectivity index (χ4n) is 1.51. The first kappa shape index (κ1) is 11.7. The van der Waals surface area contributed by atoms with E-state index in [0.717, 1.165) is 5.56 Å². The van der Waals surface area contributed by atoms with Crippen molar-refractivity contribution in [1.82, 2.24) is 5.32 Å². The topological polar surface area (TPSA) is 58.6 Å². The molecule has 2 rings (SSSR count). The third-order valence-corrected chi connectivity index (χ3v) is 2.23. The molecule has 15 heavy (non-hydrogen) atoms. The molecule has 1 aromatic rings. The van der Waals surface area contributed by atoms with E-state index in [1.54, 1.807) is 6.07 Å². The molecule has 5 heteroatoms. The van der Waals surface area contributed by atoms with Crippen LogP contribution in [0.3, 0.4) is 0 Å². The minimum Gasteiger partial charge on any atom is -0.508 e. The number of ether oxygens (including phenoxy) is 1. The summed E-state index contributed by atoms with van der Waals surface area (Å²) in [7, 11) is 0. The number of aryl methyl sites for hydroxylation is 1. The maximum atomic E-state index is 10.8. The van der Waals surface area contributed by atoms with E-state index >= 15 is 0 Å². The summed E-state index contributed by atoms with van der Waals surface area (Å²) >= 11 is 0. The van der Waals surface area contributed by atoms with E-state index in [1.165, 1.54) is 0 Å². The lowest BCUT2D eigenvalue weighted by molar-refractivity contribution is 0.177. The quantitative estimate of drug-likeness (QED) is 0.773. The van der Waals surface area contributed by atoms with Crippen molar-refractivity contribution in [3.8, 4) is 5.75 Å². The van der Waals surface area contributed by atoms with Gasteiger partial charge in [0.2, 0.25) is 0 Å². The van der Waals surface area contributed by atoms with Crippen LogP contribution in [0, 0.1) is 6.92 Å². The van der Waals surface area contributed by atoms with Crippen LogP contribution in [0.5, 0.6) is 5.75 Å². The number of cyclic esters (lactones) is 1. The minimum atomic E-state index is -0.434. The number of phenols is 1. The van der Waals surface area contributed by atoms with Crippen LogP contribution < -0.4 is 5.32 Å². The Morgan fingerprint density at radius 3 is 2.87 bits per heavy atom. The van der Waals surface area contributed by atoms with Gasteiger partial charge in [-0.05, 0) is 13.0 Å². The molecule has 1 heterocycles. The van der Waals surface area contributed by atoms with Crippen LogP contribution in [-0.4, -0.2) is 17.8 Å². The molecular formula is C10H12ClNO3. The highest BCUT2D eigenvalue weighted by molar-refractivity contribution is 5.85. The number of aromatic hydroxyl groups is 1. The summed E-state index contributed by atoms with van der Waals surface area (Å²) in [6.45, 7) is 2.20. The van der Waals surface area contributed by atoms with Gasteiger partial charge in [0.1, 0.15) is 12.4 Å². The maximum Gasteiger partial charge on any atom is 0.407 e. The van der Waals surface area contributed by atoms with E-state index in [4.69, 9.17) is 4.74 Å². The summed E-state index contributed by atoms with van der Waals surface area (Å²) < 4.78 is 4.75. The summed E-state index contributed by atoms with van der Waals surface area (Å²) in [6, 6.07) is 5.04. The molecule has 2 N–H and O–H groups in total. The predicted molar refractivity (Wildman–Crippen MR) is 57.3 cm³/mol. The second-order valence-electron chi connectivity index (χ2n) is 3.36. The Morgan fingerprint density at radius 1 is 1.53 bits per heavy atom. The van der Waals surface area contributed by atoms with Crippen molar-refractivity contribution >= 4 is 18.5 Å². The smallest absolute Gasteiger partial charge is 0.407 e. The summed E-state index contributed by atoms with van der Waals surface area (Å²) in [5.41, 5.74) is 1.75. The first-order chi connectivity index (χ1) is 6.66. The van der Waals surface area contributed by atoms with Crippen molar-refractivity contribution < 1.29 is 14.6 Å². The molecule has 0 radical (unpaired) electrons. The second kappa shape index (κ2) is 4.40. The van der Waals surface area contributed by atoms with Gasteiger partial charge in [-0.25, -0.2) is 4.79 Å². The van der Waals surface area contributed by atoms with Crippen LogP contribution in [0.15, 0.2) is 18.2 Å². The Bertz CT molecular complexity index is 381. The standard InChI is InChI=1S/C10H11NO3.ClH/c1-6-2-3-9(12)7(4-6)8-5-14-10(13)11-8;/h2-4,8,12H,5H2,1H3,(H,11,13);1H/t8-;/m0./s1. The monoisotopic (exact) mass is 229 g/mol. The third-order valence-electron chi connectivity index (χ3n) is 2.23. The molecule has 1 aliphatic rings. The van der Waals surface area contributed by atoms with Crippen molar-refractivity contribution in [2.45, 2.75) is 13.0 Å². The van der Waals surface area contributed by atoms with E-state index in [0.29, 0.717) is 5.56 Å². The van der Waals surface area contributed by atoms with Crippen molar-refractivity contribution in [1.29, 1.82) is 0 Å². The highest BCUT2D eigenvalue weighted by Gasteiger charge is 2.25. The van der Waals surface area contributed by atoms with Gasteiger partial charge in [0.15, 0.2) is 0 Å². The van der Waals surface area contributed by atoms with Crippen LogP contribution in [0.2, 0.25) is 0 Å². The minimum absolute atomic E-state index is 0. The Kier molecular flexibility index (Phi) is 3.42. The Morgan fingerprint density at radius 2 is 2.27 bits per heavy atom. The van der Waals surface area contributed by atoms with Gasteiger partial charge in [0.25, 0.3) is 0 Å². The lowest BCUT2D eigenvalue weighted by atomic mass is 10.0. The SMILES string of the molecule is Cc1ccc(O)c([C@@H]2COC(=O)N2)c1.Cl. The third kappa shape index (κ3) is 2.33. The maximum absolute atomic E-state index is 10.8. The number of carbonyl (C=O) groups excluding carboxylic acids is 1. The lowest BCUT2D eigenvalue weighted by Crippen LogP contribution is -2.18. The van der Waals surface area contributed by atoms with Gasteiger partial charge in [-0.15, -0.1) is 12.4 Å². The summed E-state index contributed by atoms with van der Waals surface area (Å²) in [5, 5.41) is 12.2. The van der Waals surface area contributed by atoms with Gasteiger partial charge >= 0.3 is 6.09 Å². The number of hydrogen-bond acceptors (Lipinski definition) is 3. The largest absolute Gasteiger partial charge is 0.508 e. The van der Waals surface area contributed by atoms with Crippen molar-refractivity contribution in [3.05, 3.63) is 29.3 Å². The lowest BCUT2D eigenvalue weighted by Gasteiger charge is -2.10. The molecule has 0 saturated carbocycles. The normalized spacial score (nSPS) is 19.0. The Balaban J connectivity index is 0.00000112. The number of phenolic OH excluding ortho intramolecular Hbond substituents is 1. The fraction of sp³-hybridized carbons (Fsp3) is 0.300. The molecule has 0 bridgehead atoms. The number of alkyl carbamates (subject to hydrolysis) is 1. The zero-order chi connectivity index (χ0) is 10.1. The molecule has 82 valence electrons. The Hall–Kier alpha value is -1.42. The van der Waals surface area contributed by atoms with Gasteiger partial charge in [-0.1, -0.05) is 17.7 Å². The van der Waals surface area contributed by atoms with Crippen LogP contribution >= 0.6 is 12.4 Å². The van der Waals surface area contributed by atoms with E-state index in [1.807, 2.05) is 19.1 Å². The molecule has 0 aromatic heterocycles. The average molecular weight is 230 g/mol. The summed E-state index contributed by atoms with van der Waals surface area (Å²) in [6.07, 6.45) is -0.434. The van der Waals surface area contributed by atoms with E-state index in [2.05, 4.69) is 5.32 Å². The molecule has 1 atom stereocenters. The van der Waals surface area contributed by atoms with Crippen LogP contribution in [-0.2, 0) is 4.74 Å². The van der Waals surface area contributed by atoms with Gasteiger partial charge in [-0.2, -0.15) is 0 Å². The zero-order valence-electron chi connectivity index (χ0n) is 8.19. The number of benzene rings is 1. The van der Waals surface area contributed by atoms with E-state index in [-0.39, 0.29) is 30.8 Å². The highest BCUT2D eigenvalue weighted by atomic mass is 35.5. The molecule has 1 amide bonds. The molecule has 1 aliphatic heterocycles. The van der Waals surface area contributed by atoms with Gasteiger partial charge in [0.05, 0.1) is 6.04 Å². The van der Waals surface area contributed by atoms with Gasteiger partial charge in [0, 0.05) is 5.56 Å². The number of amides is 1. The number of halogens is 1. The molecule has 4 nitrogen and oxygen atoms in total. The van der Waals surface area contributed by atoms with Gasteiger partial charge < -0.3 is 15.2 Å². The highest BCUT2D eigenvalue weighted by Crippen LogP contribution is 2.27. The molecule has 1 fully saturated rings. The number of rotatable bonds is 1. The summed E-state index contributed by atoms with van der Waals surface area (Å²) in [4.78, 5) is 10.8. The number of carbonyl (C=O) groups is 1. The van der Waals surface area contributed by atoms with E-state index in [9.17, 15) is 9.90 Å². The Labute approximate surface area is 93.7 Å². The molecular weight excluding hydrogens is 218 g/mol. The van der Waals surface area contributed by atoms with Crippen LogP contribution in [0.1, 0.15) is 17.2 Å². The van der Waals surface area contributed by atoms with Crippen LogP contribution in [0.25, 0.3) is 0 Å². The summed E-state index contributed by atoms with van der Waals surface area (Å²) in [5.74, 6) is 0.186. The van der Waals surface area contributed by atoms with Crippen molar-refractivity contribution in [2.75, 3.05) is 6.61 Å². The first-order valence-electron chi connectivity index (χ1n) is 4.39. The zero-order valence-corrected chi connectivity index (χ0v) is 9.00. The molecule has 1 aromatic carbocycles. The molecule has 0 unspecified atom stereocenters. The number of nitrogens with one attached hydrogen (secondary N) is 1. The number of hydrogen-bond donors (Lipinski definition) is 2.